The summed E-state index contributed by atoms with van der Waals surface area (Å²) < 4.78 is 12.5. The first-order valence-electron chi connectivity index (χ1n) is 11.6. The topological polar surface area (TPSA) is 115 Å². The molecule has 1 fully saturated rings. The van der Waals surface area contributed by atoms with Crippen molar-refractivity contribution >= 4 is 17.1 Å². The molecule has 2 aromatic heterocycles. The Balaban J connectivity index is 1.20. The number of carbonyl (C=O) groups excluding carboxylic acids is 1. The Hall–Kier alpha value is -4.21. The van der Waals surface area contributed by atoms with Crippen LogP contribution in [-0.2, 0) is 6.54 Å². The van der Waals surface area contributed by atoms with Crippen molar-refractivity contribution < 1.29 is 14.3 Å². The van der Waals surface area contributed by atoms with Gasteiger partial charge in [-0.05, 0) is 49.6 Å². The maximum Gasteiger partial charge on any atom is 0.281 e. The highest BCUT2D eigenvalue weighted by Gasteiger charge is 2.27. The first-order valence-corrected chi connectivity index (χ1v) is 11.6. The fraction of sp³-hybridized carbons (Fsp3) is 0.320. The Labute approximate surface area is 200 Å². The van der Waals surface area contributed by atoms with Gasteiger partial charge in [-0.1, -0.05) is 29.0 Å². The number of hydrogen-bond donors (Lipinski definition) is 1. The summed E-state index contributed by atoms with van der Waals surface area (Å²) in [7, 11) is 0. The number of hydrogen-bond acceptors (Lipinski definition) is 7. The molecule has 2 aliphatic rings. The van der Waals surface area contributed by atoms with E-state index in [-0.39, 0.29) is 29.7 Å². The minimum atomic E-state index is -0.305. The van der Waals surface area contributed by atoms with E-state index in [4.69, 9.17) is 14.5 Å². The van der Waals surface area contributed by atoms with Crippen molar-refractivity contribution in [3.63, 3.8) is 0 Å². The van der Waals surface area contributed by atoms with Crippen LogP contribution in [0.15, 0.2) is 47.3 Å². The Morgan fingerprint density at radius 3 is 2.66 bits per heavy atom. The molecule has 1 N–H and O–H groups in total. The third-order valence-electron chi connectivity index (χ3n) is 6.63. The monoisotopic (exact) mass is 472 g/mol. The lowest BCUT2D eigenvalue weighted by Crippen LogP contribution is -2.38. The summed E-state index contributed by atoms with van der Waals surface area (Å²) in [6.45, 7) is 3.82. The first-order chi connectivity index (χ1) is 17.0. The number of nitrogens with zero attached hydrogens (tertiary/aromatic N) is 5. The average Bonchev–Trinajstić information content (AvgIpc) is 3.51. The number of piperidine rings is 1. The van der Waals surface area contributed by atoms with Gasteiger partial charge >= 0.3 is 0 Å². The molecule has 2 aromatic carbocycles. The summed E-state index contributed by atoms with van der Waals surface area (Å²) in [6.07, 6.45) is 1.44. The van der Waals surface area contributed by atoms with Crippen LogP contribution in [0.25, 0.3) is 11.2 Å². The number of ether oxygens (including phenoxy) is 2. The van der Waals surface area contributed by atoms with Crippen molar-refractivity contribution in [3.05, 3.63) is 75.3 Å². The highest BCUT2D eigenvalue weighted by atomic mass is 16.7. The molecule has 6 rings (SSSR count). The van der Waals surface area contributed by atoms with Crippen LogP contribution in [-0.4, -0.2) is 55.7 Å². The second-order valence-corrected chi connectivity index (χ2v) is 8.99. The van der Waals surface area contributed by atoms with Crippen molar-refractivity contribution in [1.29, 1.82) is 0 Å². The van der Waals surface area contributed by atoms with Gasteiger partial charge in [0, 0.05) is 24.6 Å². The first kappa shape index (κ1) is 21.3. The highest BCUT2D eigenvalue weighted by Crippen LogP contribution is 2.33. The van der Waals surface area contributed by atoms with E-state index in [0.29, 0.717) is 48.2 Å². The molecule has 0 spiro atoms. The Kier molecular flexibility index (Phi) is 5.20. The number of aromatic amines is 1. The number of amides is 1. The van der Waals surface area contributed by atoms with Gasteiger partial charge < -0.3 is 19.4 Å². The number of carbonyl (C=O) groups is 1. The van der Waals surface area contributed by atoms with Gasteiger partial charge in [0.1, 0.15) is 5.82 Å². The van der Waals surface area contributed by atoms with Crippen molar-refractivity contribution in [2.45, 2.75) is 32.2 Å². The average molecular weight is 473 g/mol. The maximum absolute atomic E-state index is 12.9. The lowest BCUT2D eigenvalue weighted by Gasteiger charge is -2.31. The number of fused-ring (bicyclic) bond motifs is 2. The third kappa shape index (κ3) is 4.01. The normalized spacial score (nSPS) is 15.6. The lowest BCUT2D eigenvalue weighted by atomic mass is 9.95. The maximum atomic E-state index is 12.9. The number of aromatic nitrogens is 5. The van der Waals surface area contributed by atoms with E-state index >= 15 is 0 Å². The molecule has 0 unspecified atom stereocenters. The molecule has 35 heavy (non-hydrogen) atoms. The van der Waals surface area contributed by atoms with Gasteiger partial charge in [0.05, 0.1) is 6.54 Å². The number of nitrogens with one attached hydrogen (secondary N) is 1. The fourth-order valence-corrected chi connectivity index (χ4v) is 4.63. The summed E-state index contributed by atoms with van der Waals surface area (Å²) in [5.41, 5.74) is 3.10. The zero-order valence-corrected chi connectivity index (χ0v) is 19.2. The van der Waals surface area contributed by atoms with Crippen LogP contribution >= 0.6 is 0 Å². The van der Waals surface area contributed by atoms with Gasteiger partial charge in [-0.25, -0.2) is 9.67 Å². The summed E-state index contributed by atoms with van der Waals surface area (Å²) in [5, 5.41) is 8.21. The Morgan fingerprint density at radius 2 is 1.86 bits per heavy atom. The number of benzene rings is 2. The van der Waals surface area contributed by atoms with E-state index < -0.39 is 0 Å². The smallest absolute Gasteiger partial charge is 0.281 e. The highest BCUT2D eigenvalue weighted by molar-refractivity contribution is 5.94. The molecule has 0 radical (unpaired) electrons. The predicted molar refractivity (Wildman–Crippen MR) is 127 cm³/mol. The van der Waals surface area contributed by atoms with Crippen LogP contribution in [0, 0.1) is 6.92 Å². The van der Waals surface area contributed by atoms with Crippen LogP contribution in [0.4, 0.5) is 0 Å². The molecule has 10 nitrogen and oxygen atoms in total. The van der Waals surface area contributed by atoms with Gasteiger partial charge in [0.25, 0.3) is 11.5 Å². The molecule has 0 aliphatic carbocycles. The predicted octanol–water partition coefficient (Wildman–Crippen LogP) is 2.62. The largest absolute Gasteiger partial charge is 0.454 e. The second kappa shape index (κ2) is 8.53. The molecule has 0 bridgehead atoms. The van der Waals surface area contributed by atoms with Crippen molar-refractivity contribution in [1.82, 2.24) is 29.9 Å². The van der Waals surface area contributed by atoms with E-state index in [1.54, 1.807) is 4.68 Å². The summed E-state index contributed by atoms with van der Waals surface area (Å²) in [5.74, 6) is 2.08. The van der Waals surface area contributed by atoms with Gasteiger partial charge in [-0.15, -0.1) is 5.10 Å². The molecule has 4 heterocycles. The van der Waals surface area contributed by atoms with Gasteiger partial charge in [-0.3, -0.25) is 9.59 Å². The lowest BCUT2D eigenvalue weighted by molar-refractivity contribution is 0.0711. The van der Waals surface area contributed by atoms with Crippen molar-refractivity contribution in [2.75, 3.05) is 19.9 Å². The van der Waals surface area contributed by atoms with E-state index in [2.05, 4.69) is 15.3 Å². The number of aryl methyl sites for hydroxylation is 1. The molecule has 2 aliphatic heterocycles. The standard InChI is InChI=1S/C25H24N6O4/c1-15-2-5-18(6-3-15)25(33)30-10-8-17(9-11-30)22-26-23-21(24(32)27-22)28-29-31(23)13-16-4-7-19-20(12-16)35-14-34-19/h2-7,12,17H,8-11,13-14H2,1H3,(H,26,27,32). The quantitative estimate of drug-likeness (QED) is 0.485. The van der Waals surface area contributed by atoms with Crippen LogP contribution in [0.1, 0.15) is 46.1 Å². The zero-order valence-electron chi connectivity index (χ0n) is 19.2. The fourth-order valence-electron chi connectivity index (χ4n) is 4.63. The summed E-state index contributed by atoms with van der Waals surface area (Å²) in [6, 6.07) is 13.3. The van der Waals surface area contributed by atoms with Gasteiger partial charge in [-0.2, -0.15) is 0 Å². The van der Waals surface area contributed by atoms with Gasteiger partial charge in [0.2, 0.25) is 6.79 Å². The molecule has 4 aromatic rings. The molecular weight excluding hydrogens is 448 g/mol. The second-order valence-electron chi connectivity index (χ2n) is 8.99. The molecular formula is C25H24N6O4. The Bertz CT molecular complexity index is 1470. The minimum Gasteiger partial charge on any atom is -0.454 e. The molecule has 1 amide bonds. The van der Waals surface area contributed by atoms with Crippen molar-refractivity contribution in [2.24, 2.45) is 0 Å². The third-order valence-corrected chi connectivity index (χ3v) is 6.63. The van der Waals surface area contributed by atoms with E-state index in [9.17, 15) is 9.59 Å². The van der Waals surface area contributed by atoms with E-state index in [1.165, 1.54) is 0 Å². The molecule has 178 valence electrons. The minimum absolute atomic E-state index is 0.0337. The number of rotatable bonds is 4. The summed E-state index contributed by atoms with van der Waals surface area (Å²) >= 11 is 0. The van der Waals surface area contributed by atoms with Crippen LogP contribution < -0.4 is 15.0 Å². The SMILES string of the molecule is Cc1ccc(C(=O)N2CCC(c3nc4c(nnn4Cc4ccc5c(c4)OCO5)c(=O)[nH]3)CC2)cc1. The van der Waals surface area contributed by atoms with E-state index in [1.807, 2.05) is 54.3 Å². The van der Waals surface area contributed by atoms with E-state index in [0.717, 1.165) is 24.0 Å². The van der Waals surface area contributed by atoms with Gasteiger partial charge in [0.15, 0.2) is 22.7 Å². The molecule has 10 heteroatoms. The molecule has 0 atom stereocenters. The van der Waals surface area contributed by atoms with Crippen molar-refractivity contribution in [3.8, 4) is 11.5 Å². The zero-order chi connectivity index (χ0) is 23.9. The summed E-state index contributed by atoms with van der Waals surface area (Å²) in [4.78, 5) is 35.1. The van der Waals surface area contributed by atoms with Crippen LogP contribution in [0.3, 0.4) is 0 Å². The molecule has 1 saturated heterocycles. The van der Waals surface area contributed by atoms with Crippen LogP contribution in [0.2, 0.25) is 0 Å². The molecule has 0 saturated carbocycles. The number of likely N-dealkylation sites (tertiary alicyclic amines) is 1. The van der Waals surface area contributed by atoms with Crippen LogP contribution in [0.5, 0.6) is 11.5 Å². The Morgan fingerprint density at radius 1 is 1.09 bits per heavy atom. The number of H-pyrrole nitrogens is 1.